The molecule has 2 N–H and O–H groups in total. The van der Waals surface area contributed by atoms with Gasteiger partial charge in [-0.15, -0.1) is 0 Å². The Hall–Kier alpha value is -1.31. The van der Waals surface area contributed by atoms with Gasteiger partial charge in [0.15, 0.2) is 0 Å². The van der Waals surface area contributed by atoms with Crippen molar-refractivity contribution in [3.63, 3.8) is 0 Å². The number of amides is 2. The maximum absolute atomic E-state index is 13.1. The largest absolute Gasteiger partial charge is 0.394 e. The molecule has 0 spiro atoms. The van der Waals surface area contributed by atoms with Gasteiger partial charge in [0.25, 0.3) is 0 Å². The highest BCUT2D eigenvalue weighted by atomic mass is 19.4. The minimum Gasteiger partial charge on any atom is -0.381 e. The Labute approximate surface area is 127 Å². The molecule has 0 aromatic heterocycles. The molecule has 2 heterocycles. The Morgan fingerprint density at radius 1 is 1.27 bits per heavy atom. The van der Waals surface area contributed by atoms with Gasteiger partial charge in [-0.3, -0.25) is 9.59 Å². The standard InChI is InChI=1S/C14H21F3N2O3/c1-2-13(3-5-22-6-4-13)12(21)19-7-9(11(18)20)10(8-19)14(15,16)17/h9-10H,2-8H2,1H3,(H2,18,20)/t9-,10-/m1/s1. The van der Waals surface area contributed by atoms with E-state index in [4.69, 9.17) is 10.5 Å². The van der Waals surface area contributed by atoms with Crippen LogP contribution in [-0.4, -0.2) is 49.2 Å². The van der Waals surface area contributed by atoms with Gasteiger partial charge in [0.05, 0.1) is 17.3 Å². The van der Waals surface area contributed by atoms with Gasteiger partial charge in [0.1, 0.15) is 0 Å². The lowest BCUT2D eigenvalue weighted by molar-refractivity contribution is -0.183. The highest BCUT2D eigenvalue weighted by Gasteiger charge is 2.54. The lowest BCUT2D eigenvalue weighted by Crippen LogP contribution is -2.46. The zero-order valence-corrected chi connectivity index (χ0v) is 12.5. The van der Waals surface area contributed by atoms with Gasteiger partial charge in [-0.1, -0.05) is 6.92 Å². The van der Waals surface area contributed by atoms with Crippen LogP contribution in [0.1, 0.15) is 26.2 Å². The van der Waals surface area contributed by atoms with Crippen molar-refractivity contribution in [2.75, 3.05) is 26.3 Å². The molecule has 5 nitrogen and oxygen atoms in total. The van der Waals surface area contributed by atoms with E-state index in [1.54, 1.807) is 0 Å². The number of ether oxygens (including phenoxy) is 1. The highest BCUT2D eigenvalue weighted by molar-refractivity contribution is 5.85. The number of carbonyl (C=O) groups excluding carboxylic acids is 2. The summed E-state index contributed by atoms with van der Waals surface area (Å²) in [7, 11) is 0. The van der Waals surface area contributed by atoms with Crippen molar-refractivity contribution in [1.29, 1.82) is 0 Å². The summed E-state index contributed by atoms with van der Waals surface area (Å²) in [5.41, 5.74) is 4.41. The topological polar surface area (TPSA) is 72.6 Å². The predicted molar refractivity (Wildman–Crippen MR) is 71.6 cm³/mol. The first kappa shape index (κ1) is 17.1. The van der Waals surface area contributed by atoms with Crippen molar-refractivity contribution < 1.29 is 27.5 Å². The molecular formula is C14H21F3N2O3. The number of primary amides is 1. The fraction of sp³-hybridized carbons (Fsp3) is 0.857. The number of likely N-dealkylation sites (tertiary alicyclic amines) is 1. The summed E-state index contributed by atoms with van der Waals surface area (Å²) in [5.74, 6) is -4.55. The van der Waals surface area contributed by atoms with Crippen molar-refractivity contribution >= 4 is 11.8 Å². The second-order valence-electron chi connectivity index (χ2n) is 6.11. The van der Waals surface area contributed by atoms with Crippen LogP contribution in [0.5, 0.6) is 0 Å². The molecule has 0 aromatic rings. The average Bonchev–Trinajstić information content (AvgIpc) is 2.92. The van der Waals surface area contributed by atoms with Gasteiger partial charge in [0, 0.05) is 26.3 Å². The van der Waals surface area contributed by atoms with Gasteiger partial charge in [-0.2, -0.15) is 13.2 Å². The number of nitrogens with zero attached hydrogens (tertiary/aromatic N) is 1. The number of hydrogen-bond acceptors (Lipinski definition) is 3. The number of halogens is 3. The molecular weight excluding hydrogens is 301 g/mol. The zero-order chi connectivity index (χ0) is 16.5. The van der Waals surface area contributed by atoms with E-state index in [1.807, 2.05) is 6.92 Å². The fourth-order valence-electron chi connectivity index (χ4n) is 3.41. The lowest BCUT2D eigenvalue weighted by atomic mass is 9.76. The number of rotatable bonds is 3. The quantitative estimate of drug-likeness (QED) is 0.851. The molecule has 8 heteroatoms. The van der Waals surface area contributed by atoms with Crippen molar-refractivity contribution in [2.45, 2.75) is 32.4 Å². The summed E-state index contributed by atoms with van der Waals surface area (Å²) in [5, 5.41) is 0. The molecule has 0 unspecified atom stereocenters. The second kappa shape index (κ2) is 6.06. The van der Waals surface area contributed by atoms with Crippen molar-refractivity contribution in [2.24, 2.45) is 23.0 Å². The second-order valence-corrected chi connectivity index (χ2v) is 6.11. The summed E-state index contributed by atoms with van der Waals surface area (Å²) < 4.78 is 44.4. The molecule has 0 saturated carbocycles. The molecule has 2 aliphatic heterocycles. The SMILES string of the molecule is CCC1(C(=O)N2C[C@@H](C(F)(F)F)[C@H](C(N)=O)C2)CCOCC1. The molecule has 22 heavy (non-hydrogen) atoms. The number of carbonyl (C=O) groups is 2. The Morgan fingerprint density at radius 2 is 1.86 bits per heavy atom. The number of nitrogens with two attached hydrogens (primary N) is 1. The van der Waals surface area contributed by atoms with Gasteiger partial charge < -0.3 is 15.4 Å². The van der Waals surface area contributed by atoms with Crippen LogP contribution in [0.2, 0.25) is 0 Å². The van der Waals surface area contributed by atoms with Crippen LogP contribution in [0.15, 0.2) is 0 Å². The van der Waals surface area contributed by atoms with E-state index in [2.05, 4.69) is 0 Å². The first-order chi connectivity index (χ1) is 10.2. The normalized spacial score (nSPS) is 28.6. The van der Waals surface area contributed by atoms with E-state index in [0.29, 0.717) is 32.5 Å². The maximum atomic E-state index is 13.1. The summed E-state index contributed by atoms with van der Waals surface area (Å²) >= 11 is 0. The fourth-order valence-corrected chi connectivity index (χ4v) is 3.41. The molecule has 2 aliphatic rings. The monoisotopic (exact) mass is 322 g/mol. The smallest absolute Gasteiger partial charge is 0.381 e. The van der Waals surface area contributed by atoms with Crippen LogP contribution in [0, 0.1) is 17.3 Å². The molecule has 2 rings (SSSR count). The summed E-state index contributed by atoms with van der Waals surface area (Å²) in [4.78, 5) is 25.2. The molecule has 126 valence electrons. The Morgan fingerprint density at radius 3 is 2.27 bits per heavy atom. The van der Waals surface area contributed by atoms with Crippen LogP contribution in [0.4, 0.5) is 13.2 Å². The Balaban J connectivity index is 2.19. The third-order valence-corrected chi connectivity index (χ3v) is 4.97. The molecule has 0 radical (unpaired) electrons. The van der Waals surface area contributed by atoms with Crippen LogP contribution in [0.3, 0.4) is 0 Å². The minimum absolute atomic E-state index is 0.249. The minimum atomic E-state index is -4.54. The van der Waals surface area contributed by atoms with E-state index < -0.39 is 35.9 Å². The summed E-state index contributed by atoms with van der Waals surface area (Å²) in [6.07, 6.45) is -3.00. The van der Waals surface area contributed by atoms with E-state index >= 15 is 0 Å². The van der Waals surface area contributed by atoms with Gasteiger partial charge >= 0.3 is 6.18 Å². The van der Waals surface area contributed by atoms with Crippen LogP contribution in [0.25, 0.3) is 0 Å². The van der Waals surface area contributed by atoms with E-state index in [0.717, 1.165) is 0 Å². The van der Waals surface area contributed by atoms with Crippen LogP contribution in [-0.2, 0) is 14.3 Å². The Kier molecular flexibility index (Phi) is 4.70. The molecule has 2 amide bonds. The van der Waals surface area contributed by atoms with Crippen molar-refractivity contribution in [1.82, 2.24) is 4.90 Å². The molecule has 0 aliphatic carbocycles. The van der Waals surface area contributed by atoms with E-state index in [9.17, 15) is 22.8 Å². The zero-order valence-electron chi connectivity index (χ0n) is 12.5. The van der Waals surface area contributed by atoms with Gasteiger partial charge in [-0.05, 0) is 19.3 Å². The van der Waals surface area contributed by atoms with Gasteiger partial charge in [0.2, 0.25) is 11.8 Å². The lowest BCUT2D eigenvalue weighted by Gasteiger charge is -2.38. The number of hydrogen-bond donors (Lipinski definition) is 1. The molecule has 0 bridgehead atoms. The molecule has 0 aromatic carbocycles. The average molecular weight is 322 g/mol. The van der Waals surface area contributed by atoms with Crippen LogP contribution >= 0.6 is 0 Å². The molecule has 2 atom stereocenters. The summed E-state index contributed by atoms with van der Waals surface area (Å²) in [6.45, 7) is 1.97. The Bertz CT molecular complexity index is 447. The molecule has 2 saturated heterocycles. The van der Waals surface area contributed by atoms with E-state index in [1.165, 1.54) is 4.90 Å². The van der Waals surface area contributed by atoms with Gasteiger partial charge in [-0.25, -0.2) is 0 Å². The third-order valence-electron chi connectivity index (χ3n) is 4.97. The van der Waals surface area contributed by atoms with Crippen molar-refractivity contribution in [3.8, 4) is 0 Å². The summed E-state index contributed by atoms with van der Waals surface area (Å²) in [6, 6.07) is 0. The van der Waals surface area contributed by atoms with Crippen LogP contribution < -0.4 is 5.73 Å². The predicted octanol–water partition coefficient (Wildman–Crippen LogP) is 1.32. The first-order valence-corrected chi connectivity index (χ1v) is 7.44. The third kappa shape index (κ3) is 3.06. The first-order valence-electron chi connectivity index (χ1n) is 7.44. The van der Waals surface area contributed by atoms with E-state index in [-0.39, 0.29) is 12.5 Å². The molecule has 2 fully saturated rings. The number of alkyl halides is 3. The maximum Gasteiger partial charge on any atom is 0.394 e. The van der Waals surface area contributed by atoms with Crippen molar-refractivity contribution in [3.05, 3.63) is 0 Å². The highest BCUT2D eigenvalue weighted by Crippen LogP contribution is 2.42.